The summed E-state index contributed by atoms with van der Waals surface area (Å²) >= 11 is 5.97. The predicted octanol–water partition coefficient (Wildman–Crippen LogP) is 4.48. The fourth-order valence-electron chi connectivity index (χ4n) is 3.26. The maximum Gasteiger partial charge on any atom is 0.225 e. The minimum atomic E-state index is -0.275. The molecule has 1 fully saturated rings. The number of amides is 1. The molecular weight excluding hydrogens is 348 g/mol. The van der Waals surface area contributed by atoms with Gasteiger partial charge in [0.15, 0.2) is 0 Å². The van der Waals surface area contributed by atoms with Crippen LogP contribution in [0.2, 0.25) is 5.02 Å². The van der Waals surface area contributed by atoms with Gasteiger partial charge in [0.25, 0.3) is 0 Å². The summed E-state index contributed by atoms with van der Waals surface area (Å²) in [6, 6.07) is 15.6. The maximum atomic E-state index is 12.7. The van der Waals surface area contributed by atoms with Crippen molar-refractivity contribution < 1.29 is 9.53 Å². The van der Waals surface area contributed by atoms with Crippen molar-refractivity contribution in [2.24, 2.45) is 0 Å². The molecule has 26 heavy (non-hydrogen) atoms. The molecule has 1 heterocycles. The van der Waals surface area contributed by atoms with Crippen molar-refractivity contribution in [3.63, 3.8) is 0 Å². The molecule has 4 nitrogen and oxygen atoms in total. The van der Waals surface area contributed by atoms with E-state index in [0.29, 0.717) is 24.7 Å². The third kappa shape index (κ3) is 4.57. The lowest BCUT2D eigenvalue weighted by molar-refractivity contribution is -0.117. The van der Waals surface area contributed by atoms with Crippen LogP contribution in [0, 0.1) is 0 Å². The molecule has 2 aromatic carbocycles. The van der Waals surface area contributed by atoms with E-state index < -0.39 is 0 Å². The summed E-state index contributed by atoms with van der Waals surface area (Å²) in [7, 11) is 0. The fourth-order valence-corrected chi connectivity index (χ4v) is 3.38. The van der Waals surface area contributed by atoms with Crippen molar-refractivity contribution in [3.05, 3.63) is 59.1 Å². The van der Waals surface area contributed by atoms with Gasteiger partial charge < -0.3 is 15.0 Å². The quantitative estimate of drug-likeness (QED) is 0.841. The SMILES string of the molecule is CC(C)(CC(=O)Nc1ccccc1N1CCOCC1)c1ccc(Cl)cc1. The molecule has 0 unspecified atom stereocenters. The average molecular weight is 373 g/mol. The van der Waals surface area contributed by atoms with Crippen molar-refractivity contribution in [3.8, 4) is 0 Å². The second kappa shape index (κ2) is 8.11. The van der Waals surface area contributed by atoms with E-state index in [2.05, 4.69) is 24.1 Å². The number of hydrogen-bond acceptors (Lipinski definition) is 3. The molecule has 0 radical (unpaired) electrons. The third-order valence-corrected chi connectivity index (χ3v) is 5.01. The molecule has 2 aromatic rings. The average Bonchev–Trinajstić information content (AvgIpc) is 2.63. The van der Waals surface area contributed by atoms with Crippen LogP contribution in [0.5, 0.6) is 0 Å². The van der Waals surface area contributed by atoms with Crippen molar-refractivity contribution >= 4 is 28.9 Å². The Balaban J connectivity index is 1.71. The van der Waals surface area contributed by atoms with Crippen LogP contribution in [0.1, 0.15) is 25.8 Å². The van der Waals surface area contributed by atoms with Crippen LogP contribution in [0.3, 0.4) is 0 Å². The van der Waals surface area contributed by atoms with E-state index in [1.54, 1.807) is 0 Å². The molecule has 0 aromatic heterocycles. The van der Waals surface area contributed by atoms with E-state index in [1.165, 1.54) is 0 Å². The van der Waals surface area contributed by atoms with E-state index >= 15 is 0 Å². The molecule has 5 heteroatoms. The number of nitrogens with zero attached hydrogens (tertiary/aromatic N) is 1. The molecule has 1 aliphatic heterocycles. The standard InChI is InChI=1S/C21H25ClN2O2/c1-21(2,16-7-9-17(22)10-8-16)15-20(25)23-18-5-3-4-6-19(18)24-11-13-26-14-12-24/h3-10H,11-15H2,1-2H3,(H,23,25). The Kier molecular flexibility index (Phi) is 5.84. The minimum absolute atomic E-state index is 0.00524. The van der Waals surface area contributed by atoms with Crippen LogP contribution >= 0.6 is 11.6 Å². The smallest absolute Gasteiger partial charge is 0.225 e. The molecule has 0 bridgehead atoms. The number of carbonyl (C=O) groups excluding carboxylic acids is 1. The first kappa shape index (κ1) is 18.7. The van der Waals surface area contributed by atoms with Gasteiger partial charge in [0.1, 0.15) is 0 Å². The van der Waals surface area contributed by atoms with Crippen LogP contribution in [-0.4, -0.2) is 32.2 Å². The van der Waals surface area contributed by atoms with Gasteiger partial charge in [0.2, 0.25) is 5.91 Å². The molecular formula is C21H25ClN2O2. The molecule has 1 amide bonds. The summed E-state index contributed by atoms with van der Waals surface area (Å²) in [6.45, 7) is 7.25. The lowest BCUT2D eigenvalue weighted by atomic mass is 9.81. The van der Waals surface area contributed by atoms with Gasteiger partial charge in [-0.25, -0.2) is 0 Å². The Morgan fingerprint density at radius 2 is 1.77 bits per heavy atom. The highest BCUT2D eigenvalue weighted by molar-refractivity contribution is 6.30. The third-order valence-electron chi connectivity index (χ3n) is 4.76. The summed E-state index contributed by atoms with van der Waals surface area (Å²) in [5.41, 5.74) is 2.72. The topological polar surface area (TPSA) is 41.6 Å². The van der Waals surface area contributed by atoms with Crippen molar-refractivity contribution in [2.75, 3.05) is 36.5 Å². The Labute approximate surface area is 160 Å². The number of hydrogen-bond donors (Lipinski definition) is 1. The predicted molar refractivity (Wildman–Crippen MR) is 107 cm³/mol. The van der Waals surface area contributed by atoms with Crippen LogP contribution in [-0.2, 0) is 14.9 Å². The van der Waals surface area contributed by atoms with Gasteiger partial charge in [-0.05, 0) is 35.2 Å². The van der Waals surface area contributed by atoms with Crippen LogP contribution in [0.25, 0.3) is 0 Å². The first-order valence-electron chi connectivity index (χ1n) is 8.93. The number of para-hydroxylation sites is 2. The first-order valence-corrected chi connectivity index (χ1v) is 9.31. The highest BCUT2D eigenvalue weighted by Gasteiger charge is 2.25. The van der Waals surface area contributed by atoms with Gasteiger partial charge >= 0.3 is 0 Å². The van der Waals surface area contributed by atoms with Crippen molar-refractivity contribution in [1.82, 2.24) is 0 Å². The fraction of sp³-hybridized carbons (Fsp3) is 0.381. The molecule has 0 aliphatic carbocycles. The highest BCUT2D eigenvalue weighted by atomic mass is 35.5. The van der Waals surface area contributed by atoms with Crippen LogP contribution < -0.4 is 10.2 Å². The van der Waals surface area contributed by atoms with Gasteiger partial charge in [-0.15, -0.1) is 0 Å². The number of morpholine rings is 1. The van der Waals surface area contributed by atoms with E-state index in [1.807, 2.05) is 48.5 Å². The molecule has 0 saturated carbocycles. The molecule has 0 atom stereocenters. The largest absolute Gasteiger partial charge is 0.378 e. The zero-order chi connectivity index (χ0) is 18.6. The van der Waals surface area contributed by atoms with Gasteiger partial charge in [-0.2, -0.15) is 0 Å². The van der Waals surface area contributed by atoms with Gasteiger partial charge in [-0.3, -0.25) is 4.79 Å². The zero-order valence-corrected chi connectivity index (χ0v) is 16.1. The van der Waals surface area contributed by atoms with E-state index in [9.17, 15) is 4.79 Å². The first-order chi connectivity index (χ1) is 12.5. The highest BCUT2D eigenvalue weighted by Crippen LogP contribution is 2.30. The van der Waals surface area contributed by atoms with Crippen molar-refractivity contribution in [1.29, 1.82) is 0 Å². The number of ether oxygens (including phenoxy) is 1. The molecule has 1 aliphatic rings. The second-order valence-electron chi connectivity index (χ2n) is 7.23. The number of anilines is 2. The molecule has 1 saturated heterocycles. The summed E-state index contributed by atoms with van der Waals surface area (Å²) in [5, 5.41) is 3.80. The number of benzene rings is 2. The molecule has 138 valence electrons. The van der Waals surface area contributed by atoms with Gasteiger partial charge in [-0.1, -0.05) is 49.7 Å². The maximum absolute atomic E-state index is 12.7. The van der Waals surface area contributed by atoms with Crippen LogP contribution in [0.15, 0.2) is 48.5 Å². The van der Waals surface area contributed by atoms with E-state index in [4.69, 9.17) is 16.3 Å². The van der Waals surface area contributed by atoms with Gasteiger partial charge in [0.05, 0.1) is 24.6 Å². The second-order valence-corrected chi connectivity index (χ2v) is 7.67. The van der Waals surface area contributed by atoms with Crippen LogP contribution in [0.4, 0.5) is 11.4 Å². The van der Waals surface area contributed by atoms with E-state index in [0.717, 1.165) is 30.0 Å². The minimum Gasteiger partial charge on any atom is -0.378 e. The normalized spacial score (nSPS) is 15.0. The number of rotatable bonds is 5. The Morgan fingerprint density at radius 1 is 1.12 bits per heavy atom. The van der Waals surface area contributed by atoms with E-state index in [-0.39, 0.29) is 11.3 Å². The summed E-state index contributed by atoms with van der Waals surface area (Å²) < 4.78 is 5.43. The zero-order valence-electron chi connectivity index (χ0n) is 15.3. The summed E-state index contributed by atoms with van der Waals surface area (Å²) in [4.78, 5) is 15.0. The number of carbonyl (C=O) groups is 1. The van der Waals surface area contributed by atoms with Gasteiger partial charge in [0, 0.05) is 24.5 Å². The molecule has 1 N–H and O–H groups in total. The Morgan fingerprint density at radius 3 is 2.46 bits per heavy atom. The number of nitrogens with one attached hydrogen (secondary N) is 1. The van der Waals surface area contributed by atoms with Crippen molar-refractivity contribution in [2.45, 2.75) is 25.7 Å². The molecule has 3 rings (SSSR count). The Bertz CT molecular complexity index is 753. The number of halogens is 1. The summed E-state index contributed by atoms with van der Waals surface area (Å²) in [5.74, 6) is 0.00524. The lowest BCUT2D eigenvalue weighted by Crippen LogP contribution is -2.37. The summed E-state index contributed by atoms with van der Waals surface area (Å²) in [6.07, 6.45) is 0.395. The monoisotopic (exact) mass is 372 g/mol. The Hall–Kier alpha value is -2.04. The molecule has 0 spiro atoms. The lowest BCUT2D eigenvalue weighted by Gasteiger charge is -2.31.